The third-order valence-electron chi connectivity index (χ3n) is 3.07. The molecule has 0 saturated carbocycles. The summed E-state index contributed by atoms with van der Waals surface area (Å²) in [6.45, 7) is 0. The van der Waals surface area contributed by atoms with E-state index in [4.69, 9.17) is 4.52 Å². The van der Waals surface area contributed by atoms with Crippen molar-refractivity contribution in [1.82, 2.24) is 10.5 Å². The standard InChI is InChI=1S/C12H12N2O4S2/c15-12(13-8-3-5-20(16,17)7-8)9-6-10(18-14-9)11-2-1-4-19-11/h1-2,4,6,8H,3,5,7H2,(H,13,15)/t8-/m1/s1. The van der Waals surface area contributed by atoms with Gasteiger partial charge in [-0.2, -0.15) is 0 Å². The van der Waals surface area contributed by atoms with Gasteiger partial charge in [0.15, 0.2) is 21.3 Å². The molecule has 2 aromatic heterocycles. The first kappa shape index (κ1) is 13.3. The summed E-state index contributed by atoms with van der Waals surface area (Å²) in [5, 5.41) is 8.30. The second-order valence-corrected chi connectivity index (χ2v) is 7.80. The van der Waals surface area contributed by atoms with E-state index in [0.29, 0.717) is 12.2 Å². The van der Waals surface area contributed by atoms with Crippen LogP contribution in [0.2, 0.25) is 0 Å². The summed E-state index contributed by atoms with van der Waals surface area (Å²) in [6.07, 6.45) is 0.448. The van der Waals surface area contributed by atoms with Crippen LogP contribution >= 0.6 is 11.3 Å². The Hall–Kier alpha value is -1.67. The molecule has 0 radical (unpaired) electrons. The number of hydrogen-bond donors (Lipinski definition) is 1. The van der Waals surface area contributed by atoms with E-state index in [0.717, 1.165) is 4.88 Å². The van der Waals surface area contributed by atoms with Crippen LogP contribution in [0.15, 0.2) is 28.1 Å². The van der Waals surface area contributed by atoms with Gasteiger partial charge in [0, 0.05) is 12.1 Å². The molecule has 2 aromatic rings. The highest BCUT2D eigenvalue weighted by Gasteiger charge is 2.29. The number of sulfone groups is 1. The lowest BCUT2D eigenvalue weighted by molar-refractivity contribution is 0.0932. The number of hydrogen-bond acceptors (Lipinski definition) is 6. The number of thiophene rings is 1. The minimum atomic E-state index is -3.01. The summed E-state index contributed by atoms with van der Waals surface area (Å²) in [4.78, 5) is 12.9. The Bertz CT molecular complexity index is 718. The van der Waals surface area contributed by atoms with Crippen LogP contribution in [0, 0.1) is 0 Å². The molecule has 0 aromatic carbocycles. The van der Waals surface area contributed by atoms with Crippen LogP contribution in [0.25, 0.3) is 10.6 Å². The van der Waals surface area contributed by atoms with Crippen molar-refractivity contribution in [2.24, 2.45) is 0 Å². The van der Waals surface area contributed by atoms with Crippen molar-refractivity contribution in [3.8, 4) is 10.6 Å². The molecule has 3 heterocycles. The highest BCUT2D eigenvalue weighted by Crippen LogP contribution is 2.25. The maximum Gasteiger partial charge on any atom is 0.273 e. The minimum Gasteiger partial charge on any atom is -0.355 e. The van der Waals surface area contributed by atoms with E-state index in [2.05, 4.69) is 10.5 Å². The fourth-order valence-electron chi connectivity index (χ4n) is 2.09. The second-order valence-electron chi connectivity index (χ2n) is 4.63. The summed E-state index contributed by atoms with van der Waals surface area (Å²) in [5.74, 6) is 0.244. The van der Waals surface area contributed by atoms with Gasteiger partial charge in [0.1, 0.15) is 0 Å². The lowest BCUT2D eigenvalue weighted by Gasteiger charge is -2.08. The largest absolute Gasteiger partial charge is 0.355 e. The third kappa shape index (κ3) is 2.75. The van der Waals surface area contributed by atoms with Gasteiger partial charge in [-0.05, 0) is 17.9 Å². The lowest BCUT2D eigenvalue weighted by atomic mass is 10.2. The van der Waals surface area contributed by atoms with Gasteiger partial charge < -0.3 is 9.84 Å². The minimum absolute atomic E-state index is 0.00558. The zero-order chi connectivity index (χ0) is 14.2. The summed E-state index contributed by atoms with van der Waals surface area (Å²) in [7, 11) is -3.01. The van der Waals surface area contributed by atoms with Crippen molar-refractivity contribution in [2.45, 2.75) is 12.5 Å². The zero-order valence-corrected chi connectivity index (χ0v) is 12.0. The fraction of sp³-hybridized carbons (Fsp3) is 0.333. The van der Waals surface area contributed by atoms with E-state index < -0.39 is 15.7 Å². The number of carbonyl (C=O) groups excluding carboxylic acids is 1. The van der Waals surface area contributed by atoms with Crippen molar-refractivity contribution in [1.29, 1.82) is 0 Å². The van der Waals surface area contributed by atoms with Crippen molar-refractivity contribution < 1.29 is 17.7 Å². The predicted octanol–water partition coefficient (Wildman–Crippen LogP) is 1.32. The van der Waals surface area contributed by atoms with Crippen LogP contribution in [0.3, 0.4) is 0 Å². The summed E-state index contributed by atoms with van der Waals surface area (Å²) in [5.41, 5.74) is 0.165. The number of aromatic nitrogens is 1. The number of rotatable bonds is 3. The number of nitrogens with zero attached hydrogens (tertiary/aromatic N) is 1. The molecule has 106 valence electrons. The highest BCUT2D eigenvalue weighted by molar-refractivity contribution is 7.91. The monoisotopic (exact) mass is 312 g/mol. The normalized spacial score (nSPS) is 20.9. The van der Waals surface area contributed by atoms with E-state index in [1.165, 1.54) is 11.3 Å². The van der Waals surface area contributed by atoms with E-state index in [-0.39, 0.29) is 23.2 Å². The van der Waals surface area contributed by atoms with Crippen molar-refractivity contribution >= 4 is 27.1 Å². The molecular weight excluding hydrogens is 300 g/mol. The van der Waals surface area contributed by atoms with Crippen LogP contribution in [-0.2, 0) is 9.84 Å². The highest BCUT2D eigenvalue weighted by atomic mass is 32.2. The quantitative estimate of drug-likeness (QED) is 0.923. The molecule has 1 saturated heterocycles. The molecule has 8 heteroatoms. The fourth-order valence-corrected chi connectivity index (χ4v) is 4.43. The van der Waals surface area contributed by atoms with E-state index in [1.54, 1.807) is 6.07 Å². The van der Waals surface area contributed by atoms with Gasteiger partial charge in [-0.25, -0.2) is 8.42 Å². The van der Waals surface area contributed by atoms with Gasteiger partial charge in [0.25, 0.3) is 5.91 Å². The molecule has 6 nitrogen and oxygen atoms in total. The van der Waals surface area contributed by atoms with Gasteiger partial charge in [-0.15, -0.1) is 11.3 Å². The Morgan fingerprint density at radius 2 is 2.35 bits per heavy atom. The van der Waals surface area contributed by atoms with Crippen LogP contribution < -0.4 is 5.32 Å². The molecule has 1 N–H and O–H groups in total. The Morgan fingerprint density at radius 3 is 3.00 bits per heavy atom. The molecule has 1 aliphatic rings. The summed E-state index contributed by atoms with van der Waals surface area (Å²) in [6, 6.07) is 4.97. The first-order valence-electron chi connectivity index (χ1n) is 6.05. The maximum atomic E-state index is 12.0. The Balaban J connectivity index is 1.69. The zero-order valence-electron chi connectivity index (χ0n) is 10.4. The number of nitrogens with one attached hydrogen (secondary N) is 1. The third-order valence-corrected chi connectivity index (χ3v) is 5.73. The first-order chi connectivity index (χ1) is 9.53. The van der Waals surface area contributed by atoms with Crippen molar-refractivity contribution in [2.75, 3.05) is 11.5 Å². The molecule has 20 heavy (non-hydrogen) atoms. The van der Waals surface area contributed by atoms with Gasteiger partial charge >= 0.3 is 0 Å². The van der Waals surface area contributed by atoms with Gasteiger partial charge in [-0.3, -0.25) is 4.79 Å². The van der Waals surface area contributed by atoms with Crippen molar-refractivity contribution in [3.63, 3.8) is 0 Å². The molecule has 0 unspecified atom stereocenters. The molecule has 1 atom stereocenters. The smallest absolute Gasteiger partial charge is 0.273 e. The van der Waals surface area contributed by atoms with Crippen LogP contribution in [0.5, 0.6) is 0 Å². The lowest BCUT2D eigenvalue weighted by Crippen LogP contribution is -2.35. The average Bonchev–Trinajstić information content (AvgIpc) is 3.08. The molecule has 0 aliphatic carbocycles. The van der Waals surface area contributed by atoms with E-state index >= 15 is 0 Å². The Labute approximate surface area is 119 Å². The SMILES string of the molecule is O=C(N[C@@H]1CCS(=O)(=O)C1)c1cc(-c2cccs2)on1. The Morgan fingerprint density at radius 1 is 1.50 bits per heavy atom. The topological polar surface area (TPSA) is 89.3 Å². The molecular formula is C12H12N2O4S2. The molecule has 1 amide bonds. The number of carbonyl (C=O) groups is 1. The van der Waals surface area contributed by atoms with Crippen LogP contribution in [0.1, 0.15) is 16.9 Å². The first-order valence-corrected chi connectivity index (χ1v) is 8.75. The van der Waals surface area contributed by atoms with Gasteiger partial charge in [0.2, 0.25) is 0 Å². The van der Waals surface area contributed by atoms with Gasteiger partial charge in [-0.1, -0.05) is 11.2 Å². The molecule has 0 spiro atoms. The molecule has 1 aliphatic heterocycles. The average molecular weight is 312 g/mol. The second kappa shape index (κ2) is 5.02. The van der Waals surface area contributed by atoms with Crippen LogP contribution in [0.4, 0.5) is 0 Å². The molecule has 3 rings (SSSR count). The predicted molar refractivity (Wildman–Crippen MR) is 74.3 cm³/mol. The van der Waals surface area contributed by atoms with Crippen LogP contribution in [-0.4, -0.2) is 37.0 Å². The number of amides is 1. The van der Waals surface area contributed by atoms with Crippen molar-refractivity contribution in [3.05, 3.63) is 29.3 Å². The molecule has 1 fully saturated rings. The Kier molecular flexibility index (Phi) is 3.35. The molecule has 0 bridgehead atoms. The summed E-state index contributed by atoms with van der Waals surface area (Å²) >= 11 is 1.49. The van der Waals surface area contributed by atoms with Gasteiger partial charge in [0.05, 0.1) is 16.4 Å². The maximum absolute atomic E-state index is 12.0. The van der Waals surface area contributed by atoms with E-state index in [1.807, 2.05) is 17.5 Å². The van der Waals surface area contributed by atoms with E-state index in [9.17, 15) is 13.2 Å². The summed E-state index contributed by atoms with van der Waals surface area (Å²) < 4.78 is 27.8.